The normalized spacial score (nSPS) is 16.5. The molecule has 1 fully saturated rings. The van der Waals surface area contributed by atoms with Crippen LogP contribution in [0, 0.1) is 0 Å². The molecule has 1 aliphatic rings. The Morgan fingerprint density at radius 1 is 1.38 bits per heavy atom. The minimum absolute atomic E-state index is 0.0273. The highest BCUT2D eigenvalue weighted by Crippen LogP contribution is 2.22. The molecule has 0 spiro atoms. The first-order chi connectivity index (χ1) is 11.6. The Kier molecular flexibility index (Phi) is 5.20. The molecule has 0 radical (unpaired) electrons. The minimum Gasteiger partial charge on any atom is -0.343 e. The van der Waals surface area contributed by atoms with Gasteiger partial charge in [-0.1, -0.05) is 18.0 Å². The summed E-state index contributed by atoms with van der Waals surface area (Å²) in [5.74, 6) is 0.871. The minimum atomic E-state index is -0.322. The van der Waals surface area contributed by atoms with Crippen LogP contribution in [0.25, 0.3) is 11.4 Å². The van der Waals surface area contributed by atoms with Crippen LogP contribution in [0.5, 0.6) is 0 Å². The average Bonchev–Trinajstić information content (AvgIpc) is 3.27. The Labute approximate surface area is 141 Å². The quantitative estimate of drug-likeness (QED) is 0.874. The predicted octanol–water partition coefficient (Wildman–Crippen LogP) is 2.18. The molecular formula is C17H23N5O2. The lowest BCUT2D eigenvalue weighted by molar-refractivity contribution is -0.123. The maximum Gasteiger partial charge on any atom is 0.249 e. The van der Waals surface area contributed by atoms with E-state index >= 15 is 0 Å². The number of aromatic nitrogens is 3. The third kappa shape index (κ3) is 3.97. The molecule has 1 N–H and O–H groups in total. The number of rotatable bonds is 6. The summed E-state index contributed by atoms with van der Waals surface area (Å²) in [6.45, 7) is 2.23. The van der Waals surface area contributed by atoms with Crippen molar-refractivity contribution < 1.29 is 9.32 Å². The van der Waals surface area contributed by atoms with Crippen LogP contribution < -0.4 is 5.32 Å². The van der Waals surface area contributed by atoms with Gasteiger partial charge in [0.05, 0.1) is 6.54 Å². The van der Waals surface area contributed by atoms with Crippen molar-refractivity contribution in [3.8, 4) is 11.4 Å². The first-order valence-corrected chi connectivity index (χ1v) is 8.37. The Bertz CT molecular complexity index is 667. The summed E-state index contributed by atoms with van der Waals surface area (Å²) in [5.41, 5.74) is 0.833. The van der Waals surface area contributed by atoms with Crippen LogP contribution >= 0.6 is 0 Å². The van der Waals surface area contributed by atoms with Gasteiger partial charge in [-0.25, -0.2) is 0 Å². The predicted molar refractivity (Wildman–Crippen MR) is 89.0 cm³/mol. The summed E-state index contributed by atoms with van der Waals surface area (Å²) in [7, 11) is 2.01. The summed E-state index contributed by atoms with van der Waals surface area (Å²) in [4.78, 5) is 22.7. The molecule has 0 unspecified atom stereocenters. The van der Waals surface area contributed by atoms with E-state index in [2.05, 4.69) is 25.3 Å². The molecule has 3 rings (SSSR count). The highest BCUT2D eigenvalue weighted by atomic mass is 16.5. The topological polar surface area (TPSA) is 84.2 Å². The van der Waals surface area contributed by atoms with Crippen LogP contribution in [0.15, 0.2) is 29.0 Å². The summed E-state index contributed by atoms with van der Waals surface area (Å²) in [6.07, 6.45) is 8.22. The van der Waals surface area contributed by atoms with Gasteiger partial charge in [-0.15, -0.1) is 0 Å². The van der Waals surface area contributed by atoms with E-state index in [1.165, 1.54) is 25.7 Å². The van der Waals surface area contributed by atoms with Crippen molar-refractivity contribution in [2.75, 3.05) is 13.6 Å². The number of hydrogen-bond donors (Lipinski definition) is 1. The molecule has 1 aliphatic carbocycles. The fourth-order valence-corrected chi connectivity index (χ4v) is 3.08. The van der Waals surface area contributed by atoms with Crippen molar-refractivity contribution >= 4 is 5.91 Å². The van der Waals surface area contributed by atoms with Crippen LogP contribution in [0.2, 0.25) is 0 Å². The summed E-state index contributed by atoms with van der Waals surface area (Å²) in [6, 6.07) is 3.83. The van der Waals surface area contributed by atoms with E-state index in [0.29, 0.717) is 24.3 Å². The number of pyridine rings is 1. The van der Waals surface area contributed by atoms with Gasteiger partial charge in [0.15, 0.2) is 0 Å². The van der Waals surface area contributed by atoms with E-state index in [1.54, 1.807) is 12.4 Å². The lowest BCUT2D eigenvalue weighted by Gasteiger charge is -2.23. The molecule has 2 aromatic heterocycles. The number of hydrogen-bond acceptors (Lipinski definition) is 6. The van der Waals surface area contributed by atoms with Gasteiger partial charge in [-0.2, -0.15) is 4.98 Å². The second-order valence-corrected chi connectivity index (χ2v) is 6.33. The number of carbonyl (C=O) groups excluding carboxylic acids is 1. The molecule has 7 nitrogen and oxygen atoms in total. The van der Waals surface area contributed by atoms with Gasteiger partial charge in [-0.05, 0) is 38.9 Å². The maximum atomic E-state index is 12.2. The highest BCUT2D eigenvalue weighted by molar-refractivity contribution is 5.78. The molecule has 0 bridgehead atoms. The Balaban J connectivity index is 1.55. The van der Waals surface area contributed by atoms with Gasteiger partial charge < -0.3 is 9.84 Å². The summed E-state index contributed by atoms with van der Waals surface area (Å²) in [5, 5.41) is 6.89. The van der Waals surface area contributed by atoms with Crippen LogP contribution in [-0.2, 0) is 4.79 Å². The highest BCUT2D eigenvalue weighted by Gasteiger charge is 2.23. The van der Waals surface area contributed by atoms with E-state index in [4.69, 9.17) is 4.52 Å². The van der Waals surface area contributed by atoms with Gasteiger partial charge in [0.25, 0.3) is 0 Å². The lowest BCUT2D eigenvalue weighted by Crippen LogP contribution is -2.40. The molecule has 7 heteroatoms. The van der Waals surface area contributed by atoms with Crippen LogP contribution in [0.4, 0.5) is 0 Å². The zero-order valence-corrected chi connectivity index (χ0v) is 14.1. The molecule has 24 heavy (non-hydrogen) atoms. The Morgan fingerprint density at radius 3 is 2.79 bits per heavy atom. The molecule has 128 valence electrons. The monoisotopic (exact) mass is 329 g/mol. The maximum absolute atomic E-state index is 12.2. The Morgan fingerprint density at radius 2 is 2.08 bits per heavy atom. The number of likely N-dealkylation sites (N-methyl/N-ethyl adjacent to an activating group) is 1. The van der Waals surface area contributed by atoms with Crippen molar-refractivity contribution in [2.45, 2.75) is 44.7 Å². The SMILES string of the molecule is C[C@H](NC(=O)CN(C)C1CCCC1)c1nc(-c2ccncc2)no1. The number of nitrogens with one attached hydrogen (secondary N) is 1. The van der Waals surface area contributed by atoms with Crippen molar-refractivity contribution in [2.24, 2.45) is 0 Å². The second kappa shape index (κ2) is 7.53. The van der Waals surface area contributed by atoms with Crippen molar-refractivity contribution in [3.05, 3.63) is 30.4 Å². The number of amides is 1. The molecule has 2 heterocycles. The van der Waals surface area contributed by atoms with Gasteiger partial charge >= 0.3 is 0 Å². The van der Waals surface area contributed by atoms with E-state index in [0.717, 1.165) is 5.56 Å². The largest absolute Gasteiger partial charge is 0.343 e. The first kappa shape index (κ1) is 16.6. The Hall–Kier alpha value is -2.28. The smallest absolute Gasteiger partial charge is 0.249 e. The molecular weight excluding hydrogens is 306 g/mol. The fourth-order valence-electron chi connectivity index (χ4n) is 3.08. The fraction of sp³-hybridized carbons (Fsp3) is 0.529. The van der Waals surface area contributed by atoms with Crippen LogP contribution in [0.1, 0.15) is 44.5 Å². The molecule has 0 aliphatic heterocycles. The van der Waals surface area contributed by atoms with Gasteiger partial charge in [0.1, 0.15) is 6.04 Å². The van der Waals surface area contributed by atoms with Crippen molar-refractivity contribution in [3.63, 3.8) is 0 Å². The molecule has 0 aromatic carbocycles. The standard InChI is InChI=1S/C17H23N5O2/c1-12(19-15(23)11-22(2)14-5-3-4-6-14)17-20-16(21-24-17)13-7-9-18-10-8-13/h7-10,12,14H,3-6,11H2,1-2H3,(H,19,23)/t12-/m0/s1. The van der Waals surface area contributed by atoms with E-state index < -0.39 is 0 Å². The third-order valence-electron chi connectivity index (χ3n) is 4.47. The van der Waals surface area contributed by atoms with Gasteiger partial charge in [-0.3, -0.25) is 14.7 Å². The number of nitrogens with zero attached hydrogens (tertiary/aromatic N) is 4. The van der Waals surface area contributed by atoms with Gasteiger partial charge in [0.2, 0.25) is 17.6 Å². The van der Waals surface area contributed by atoms with Crippen molar-refractivity contribution in [1.29, 1.82) is 0 Å². The van der Waals surface area contributed by atoms with Crippen LogP contribution in [-0.4, -0.2) is 45.6 Å². The molecule has 1 amide bonds. The molecule has 2 aromatic rings. The average molecular weight is 329 g/mol. The summed E-state index contributed by atoms with van der Waals surface area (Å²) >= 11 is 0. The zero-order valence-electron chi connectivity index (χ0n) is 14.1. The summed E-state index contributed by atoms with van der Waals surface area (Å²) < 4.78 is 5.28. The van der Waals surface area contributed by atoms with Gasteiger partial charge in [0, 0.05) is 24.0 Å². The number of carbonyl (C=O) groups is 1. The van der Waals surface area contributed by atoms with Crippen molar-refractivity contribution in [1.82, 2.24) is 25.3 Å². The first-order valence-electron chi connectivity index (χ1n) is 8.37. The lowest BCUT2D eigenvalue weighted by atomic mass is 10.2. The van der Waals surface area contributed by atoms with E-state index in [-0.39, 0.29) is 11.9 Å². The van der Waals surface area contributed by atoms with E-state index in [1.807, 2.05) is 26.1 Å². The molecule has 1 atom stereocenters. The zero-order chi connectivity index (χ0) is 16.9. The second-order valence-electron chi connectivity index (χ2n) is 6.33. The molecule has 0 saturated heterocycles. The molecule has 1 saturated carbocycles. The van der Waals surface area contributed by atoms with Crippen LogP contribution in [0.3, 0.4) is 0 Å². The third-order valence-corrected chi connectivity index (χ3v) is 4.47. The van der Waals surface area contributed by atoms with E-state index in [9.17, 15) is 4.79 Å².